The van der Waals surface area contributed by atoms with E-state index in [9.17, 15) is 10.1 Å². The molecule has 0 aliphatic carbocycles. The van der Waals surface area contributed by atoms with Crippen LogP contribution in [0, 0.1) is 10.1 Å². The number of non-ortho nitro benzene ring substituents is 1. The fourth-order valence-electron chi connectivity index (χ4n) is 2.35. The Morgan fingerprint density at radius 2 is 1.73 bits per heavy atom. The molecule has 8 heteroatoms. The summed E-state index contributed by atoms with van der Waals surface area (Å²) in [5, 5.41) is 13.8. The summed E-state index contributed by atoms with van der Waals surface area (Å²) in [6.45, 7) is 0. The zero-order valence-corrected chi connectivity index (χ0v) is 13.3. The maximum atomic E-state index is 10.8. The van der Waals surface area contributed by atoms with Gasteiger partial charge in [0.15, 0.2) is 5.58 Å². The molecule has 26 heavy (non-hydrogen) atoms. The van der Waals surface area contributed by atoms with Crippen LogP contribution in [0.2, 0.25) is 0 Å². The lowest BCUT2D eigenvalue weighted by Crippen LogP contribution is -1.90. The zero-order valence-electron chi connectivity index (χ0n) is 13.3. The predicted molar refractivity (Wildman–Crippen MR) is 94.7 cm³/mol. The number of oxazole rings is 1. The van der Waals surface area contributed by atoms with Gasteiger partial charge in [0.25, 0.3) is 11.7 Å². The average molecular weight is 348 g/mol. The molecule has 2 heterocycles. The highest BCUT2D eigenvalue weighted by Gasteiger charge is 2.11. The van der Waals surface area contributed by atoms with E-state index in [-0.39, 0.29) is 11.7 Å². The van der Waals surface area contributed by atoms with Crippen molar-refractivity contribution in [2.24, 2.45) is 0 Å². The number of aromatic nitrogens is 2. The highest BCUT2D eigenvalue weighted by molar-refractivity contribution is 5.77. The molecule has 2 aromatic carbocycles. The first-order valence-corrected chi connectivity index (χ1v) is 7.67. The third-order valence-electron chi connectivity index (χ3n) is 3.57. The summed E-state index contributed by atoms with van der Waals surface area (Å²) in [6.07, 6.45) is 3.31. The second kappa shape index (κ2) is 6.52. The maximum absolute atomic E-state index is 10.8. The number of nitrogens with one attached hydrogen (secondary N) is 1. The first kappa shape index (κ1) is 15.6. The van der Waals surface area contributed by atoms with Gasteiger partial charge in [0, 0.05) is 24.1 Å². The predicted octanol–water partition coefficient (Wildman–Crippen LogP) is 4.67. The molecule has 0 bridgehead atoms. The maximum Gasteiger partial charge on any atom is 0.300 e. The Balaban J connectivity index is 1.50. The summed E-state index contributed by atoms with van der Waals surface area (Å²) in [6, 6.07) is 15.3. The van der Waals surface area contributed by atoms with Gasteiger partial charge in [-0.05, 0) is 42.5 Å². The fraction of sp³-hybridized carbons (Fsp3) is 0. The third kappa shape index (κ3) is 3.29. The van der Waals surface area contributed by atoms with Gasteiger partial charge < -0.3 is 14.5 Å². The minimum absolute atomic E-state index is 0.0437. The van der Waals surface area contributed by atoms with E-state index < -0.39 is 4.92 Å². The van der Waals surface area contributed by atoms with Gasteiger partial charge in [-0.15, -0.1) is 0 Å². The normalized spacial score (nSPS) is 10.6. The molecule has 0 unspecified atom stereocenters. The van der Waals surface area contributed by atoms with E-state index in [0.29, 0.717) is 22.6 Å². The molecule has 2 aromatic heterocycles. The first-order valence-electron chi connectivity index (χ1n) is 7.67. The molecule has 8 nitrogen and oxygen atoms in total. The van der Waals surface area contributed by atoms with Crippen molar-refractivity contribution in [2.75, 3.05) is 5.32 Å². The number of anilines is 2. The van der Waals surface area contributed by atoms with Crippen LogP contribution in [0.5, 0.6) is 11.5 Å². The minimum Gasteiger partial charge on any atom is -0.457 e. The van der Waals surface area contributed by atoms with Gasteiger partial charge in [0.05, 0.1) is 11.0 Å². The van der Waals surface area contributed by atoms with Crippen molar-refractivity contribution >= 4 is 28.5 Å². The van der Waals surface area contributed by atoms with Crippen LogP contribution in [0.25, 0.3) is 11.1 Å². The number of fused-ring (bicyclic) bond motifs is 1. The van der Waals surface area contributed by atoms with Crippen molar-refractivity contribution in [2.45, 2.75) is 0 Å². The van der Waals surface area contributed by atoms with Crippen LogP contribution in [0.1, 0.15) is 0 Å². The van der Waals surface area contributed by atoms with E-state index in [0.717, 1.165) is 5.69 Å². The molecule has 0 atom stereocenters. The largest absolute Gasteiger partial charge is 0.457 e. The van der Waals surface area contributed by atoms with Crippen molar-refractivity contribution in [3.05, 3.63) is 77.1 Å². The zero-order chi connectivity index (χ0) is 17.9. The molecule has 1 N–H and O–H groups in total. The van der Waals surface area contributed by atoms with Gasteiger partial charge >= 0.3 is 0 Å². The molecule has 0 saturated carbocycles. The van der Waals surface area contributed by atoms with Crippen LogP contribution in [-0.4, -0.2) is 14.9 Å². The van der Waals surface area contributed by atoms with Crippen LogP contribution < -0.4 is 10.1 Å². The average Bonchev–Trinajstić information content (AvgIpc) is 3.05. The summed E-state index contributed by atoms with van der Waals surface area (Å²) >= 11 is 0. The molecular weight excluding hydrogens is 336 g/mol. The van der Waals surface area contributed by atoms with Gasteiger partial charge in [-0.25, -0.2) is 0 Å². The topological polar surface area (TPSA) is 103 Å². The Morgan fingerprint density at radius 1 is 1.00 bits per heavy atom. The molecule has 4 rings (SSSR count). The van der Waals surface area contributed by atoms with Crippen molar-refractivity contribution in [1.29, 1.82) is 0 Å². The number of hydrogen-bond acceptors (Lipinski definition) is 7. The van der Waals surface area contributed by atoms with Crippen LogP contribution in [0.4, 0.5) is 17.4 Å². The molecule has 0 radical (unpaired) electrons. The van der Waals surface area contributed by atoms with Gasteiger partial charge in [0.1, 0.15) is 17.0 Å². The smallest absolute Gasteiger partial charge is 0.300 e. The molecule has 4 aromatic rings. The molecule has 0 spiro atoms. The van der Waals surface area contributed by atoms with Crippen molar-refractivity contribution in [1.82, 2.24) is 9.97 Å². The van der Waals surface area contributed by atoms with Gasteiger partial charge in [-0.2, -0.15) is 4.98 Å². The highest BCUT2D eigenvalue weighted by Crippen LogP contribution is 2.27. The number of pyridine rings is 1. The first-order chi connectivity index (χ1) is 12.7. The molecule has 0 amide bonds. The second-order valence-electron chi connectivity index (χ2n) is 5.36. The van der Waals surface area contributed by atoms with Crippen molar-refractivity contribution < 1.29 is 14.1 Å². The van der Waals surface area contributed by atoms with Crippen molar-refractivity contribution in [3.8, 4) is 11.5 Å². The molecule has 0 saturated heterocycles. The van der Waals surface area contributed by atoms with E-state index in [1.54, 1.807) is 42.7 Å². The lowest BCUT2D eigenvalue weighted by molar-refractivity contribution is -0.384. The number of ether oxygens (including phenoxy) is 1. The van der Waals surface area contributed by atoms with Crippen molar-refractivity contribution in [3.63, 3.8) is 0 Å². The van der Waals surface area contributed by atoms with Crippen LogP contribution in [0.3, 0.4) is 0 Å². The summed E-state index contributed by atoms with van der Waals surface area (Å²) in [4.78, 5) is 18.5. The summed E-state index contributed by atoms with van der Waals surface area (Å²) in [7, 11) is 0. The summed E-state index contributed by atoms with van der Waals surface area (Å²) in [5.41, 5.74) is 1.58. The molecule has 0 aliphatic heterocycles. The van der Waals surface area contributed by atoms with Gasteiger partial charge in [0.2, 0.25) is 0 Å². The molecular formula is C18H12N4O4. The Kier molecular flexibility index (Phi) is 3.91. The molecule has 128 valence electrons. The molecule has 0 aliphatic rings. The third-order valence-corrected chi connectivity index (χ3v) is 3.57. The van der Waals surface area contributed by atoms with Crippen LogP contribution >= 0.6 is 0 Å². The lowest BCUT2D eigenvalue weighted by atomic mass is 10.3. The van der Waals surface area contributed by atoms with E-state index in [1.807, 2.05) is 12.1 Å². The minimum atomic E-state index is -0.476. The van der Waals surface area contributed by atoms with Crippen LogP contribution in [-0.2, 0) is 0 Å². The number of nitro benzene ring substituents is 1. The summed E-state index contributed by atoms with van der Waals surface area (Å²) < 4.78 is 11.2. The number of benzene rings is 2. The van der Waals surface area contributed by atoms with E-state index >= 15 is 0 Å². The molecule has 0 fully saturated rings. The van der Waals surface area contributed by atoms with E-state index in [2.05, 4.69) is 15.3 Å². The van der Waals surface area contributed by atoms with Gasteiger partial charge in [-0.3, -0.25) is 15.1 Å². The van der Waals surface area contributed by atoms with Gasteiger partial charge in [-0.1, -0.05) is 0 Å². The monoisotopic (exact) mass is 348 g/mol. The number of nitrogens with zero attached hydrogens (tertiary/aromatic N) is 3. The SMILES string of the molecule is O=[N+]([O-])c1ccc2nc(Nc3ccc(Oc4ccncc4)cc3)oc2c1. The second-order valence-corrected chi connectivity index (χ2v) is 5.36. The van der Waals surface area contributed by atoms with E-state index in [4.69, 9.17) is 9.15 Å². The highest BCUT2D eigenvalue weighted by atomic mass is 16.6. The number of hydrogen-bond donors (Lipinski definition) is 1. The Bertz CT molecular complexity index is 1060. The number of rotatable bonds is 5. The lowest BCUT2D eigenvalue weighted by Gasteiger charge is -2.06. The van der Waals surface area contributed by atoms with E-state index in [1.165, 1.54) is 12.1 Å². The standard InChI is InChI=1S/C18H12N4O4/c23-22(24)13-3-6-16-17(11-13)26-18(21-16)20-12-1-4-14(5-2-12)25-15-7-9-19-10-8-15/h1-11H,(H,20,21). The summed E-state index contributed by atoms with van der Waals surface area (Å²) in [5.74, 6) is 1.37. The number of nitro groups is 1. The quantitative estimate of drug-likeness (QED) is 0.413. The fourth-order valence-corrected chi connectivity index (χ4v) is 2.35. The Morgan fingerprint density at radius 3 is 2.46 bits per heavy atom. The Hall–Kier alpha value is -3.94. The Labute approximate surface area is 147 Å². The van der Waals surface area contributed by atoms with Crippen LogP contribution in [0.15, 0.2) is 71.4 Å².